The number of hydrogen-bond acceptors (Lipinski definition) is 6. The van der Waals surface area contributed by atoms with Crippen molar-refractivity contribution in [2.75, 3.05) is 6.54 Å². The van der Waals surface area contributed by atoms with Crippen LogP contribution >= 0.6 is 11.3 Å². The third-order valence-electron chi connectivity index (χ3n) is 5.95. The topological polar surface area (TPSA) is 63.9 Å². The maximum absolute atomic E-state index is 12.4. The molecular weight excluding hydrogens is 382 g/mol. The van der Waals surface area contributed by atoms with Gasteiger partial charge in [-0.1, -0.05) is 0 Å². The van der Waals surface area contributed by atoms with E-state index >= 15 is 0 Å². The van der Waals surface area contributed by atoms with Crippen molar-refractivity contribution in [3.05, 3.63) is 62.6 Å². The van der Waals surface area contributed by atoms with Gasteiger partial charge in [0.05, 0.1) is 24.5 Å². The summed E-state index contributed by atoms with van der Waals surface area (Å²) in [5.41, 5.74) is 3.07. The van der Waals surface area contributed by atoms with Gasteiger partial charge in [-0.15, -0.1) is 11.3 Å². The molecule has 3 aromatic heterocycles. The van der Waals surface area contributed by atoms with Gasteiger partial charge in [0.25, 0.3) is 5.56 Å². The van der Waals surface area contributed by atoms with Crippen molar-refractivity contribution in [2.45, 2.75) is 57.7 Å². The standard InChI is InChI=1S/C22H25N5OS/c28-22-8-7-18(16-9-11-23-12-10-16)25-27(22)14-17-4-3-13-26(17)15-21-24-19-5-1-2-6-20(19)29-21/h7-12,17H,1-6,13-15H2. The minimum atomic E-state index is -0.0423. The summed E-state index contributed by atoms with van der Waals surface area (Å²) in [6.45, 7) is 2.58. The van der Waals surface area contributed by atoms with E-state index < -0.39 is 0 Å². The zero-order valence-corrected chi connectivity index (χ0v) is 17.3. The summed E-state index contributed by atoms with van der Waals surface area (Å²) in [5, 5.41) is 5.87. The van der Waals surface area contributed by atoms with Crippen LogP contribution in [0.5, 0.6) is 0 Å². The first-order valence-corrected chi connectivity index (χ1v) is 11.3. The molecule has 29 heavy (non-hydrogen) atoms. The number of rotatable bonds is 5. The summed E-state index contributed by atoms with van der Waals surface area (Å²) in [6.07, 6.45) is 10.6. The van der Waals surface area contributed by atoms with Crippen molar-refractivity contribution >= 4 is 11.3 Å². The van der Waals surface area contributed by atoms with Crippen LogP contribution in [0.15, 0.2) is 41.5 Å². The summed E-state index contributed by atoms with van der Waals surface area (Å²) >= 11 is 1.89. The highest BCUT2D eigenvalue weighted by molar-refractivity contribution is 7.11. The number of nitrogens with zero attached hydrogens (tertiary/aromatic N) is 5. The van der Waals surface area contributed by atoms with Crippen LogP contribution < -0.4 is 5.56 Å². The highest BCUT2D eigenvalue weighted by atomic mass is 32.1. The predicted octanol–water partition coefficient (Wildman–Crippen LogP) is 3.31. The molecule has 150 valence electrons. The maximum atomic E-state index is 12.4. The van der Waals surface area contributed by atoms with Gasteiger partial charge in [0.15, 0.2) is 0 Å². The van der Waals surface area contributed by atoms with Gasteiger partial charge in [0.2, 0.25) is 0 Å². The number of hydrogen-bond donors (Lipinski definition) is 0. The average Bonchev–Trinajstić information content (AvgIpc) is 3.36. The summed E-state index contributed by atoms with van der Waals surface area (Å²) in [6, 6.07) is 7.58. The molecule has 0 bridgehead atoms. The van der Waals surface area contributed by atoms with E-state index in [2.05, 4.69) is 15.0 Å². The van der Waals surface area contributed by atoms with Crippen molar-refractivity contribution in [1.82, 2.24) is 24.6 Å². The van der Waals surface area contributed by atoms with Crippen LogP contribution in [-0.4, -0.2) is 37.2 Å². The second-order valence-corrected chi connectivity index (χ2v) is 9.09. The Morgan fingerprint density at radius 1 is 1.07 bits per heavy atom. The number of aryl methyl sites for hydroxylation is 2. The van der Waals surface area contributed by atoms with E-state index in [1.54, 1.807) is 29.2 Å². The molecule has 2 aliphatic rings. The molecule has 0 spiro atoms. The van der Waals surface area contributed by atoms with E-state index in [1.165, 1.54) is 34.8 Å². The minimum absolute atomic E-state index is 0.0423. The van der Waals surface area contributed by atoms with Crippen molar-refractivity contribution in [2.24, 2.45) is 0 Å². The Labute approximate surface area is 174 Å². The molecule has 1 fully saturated rings. The highest BCUT2D eigenvalue weighted by Gasteiger charge is 2.27. The lowest BCUT2D eigenvalue weighted by molar-refractivity contribution is 0.216. The number of fused-ring (bicyclic) bond motifs is 1. The zero-order chi connectivity index (χ0) is 19.6. The number of likely N-dealkylation sites (tertiary alicyclic amines) is 1. The second kappa shape index (κ2) is 8.16. The lowest BCUT2D eigenvalue weighted by Gasteiger charge is -2.23. The summed E-state index contributed by atoms with van der Waals surface area (Å²) in [7, 11) is 0. The van der Waals surface area contributed by atoms with E-state index in [4.69, 9.17) is 4.98 Å². The van der Waals surface area contributed by atoms with Gasteiger partial charge in [0, 0.05) is 34.9 Å². The smallest absolute Gasteiger partial charge is 0.266 e. The lowest BCUT2D eigenvalue weighted by atomic mass is 10.0. The first-order valence-electron chi connectivity index (χ1n) is 10.5. The molecule has 0 amide bonds. The monoisotopic (exact) mass is 407 g/mol. The molecule has 6 nitrogen and oxygen atoms in total. The van der Waals surface area contributed by atoms with Crippen molar-refractivity contribution in [1.29, 1.82) is 0 Å². The molecule has 1 aliphatic carbocycles. The normalized spacial score (nSPS) is 19.4. The molecule has 0 aromatic carbocycles. The highest BCUT2D eigenvalue weighted by Crippen LogP contribution is 2.29. The Kier molecular flexibility index (Phi) is 5.24. The van der Waals surface area contributed by atoms with Gasteiger partial charge < -0.3 is 0 Å². The Morgan fingerprint density at radius 3 is 2.79 bits per heavy atom. The van der Waals surface area contributed by atoms with Crippen LogP contribution in [0.4, 0.5) is 0 Å². The van der Waals surface area contributed by atoms with Gasteiger partial charge in [-0.25, -0.2) is 9.67 Å². The quantitative estimate of drug-likeness (QED) is 0.649. The van der Waals surface area contributed by atoms with E-state index in [0.29, 0.717) is 12.6 Å². The SMILES string of the molecule is O=c1ccc(-c2ccncc2)nn1CC1CCCN1Cc1nc2c(s1)CCCC2. The fraction of sp³-hybridized carbons (Fsp3) is 0.455. The van der Waals surface area contributed by atoms with Gasteiger partial charge in [-0.2, -0.15) is 5.10 Å². The number of thiazole rings is 1. The average molecular weight is 408 g/mol. The van der Waals surface area contributed by atoms with Crippen molar-refractivity contribution < 1.29 is 0 Å². The summed E-state index contributed by atoms with van der Waals surface area (Å²) < 4.78 is 1.63. The van der Waals surface area contributed by atoms with Gasteiger partial charge >= 0.3 is 0 Å². The Morgan fingerprint density at radius 2 is 1.93 bits per heavy atom. The minimum Gasteiger partial charge on any atom is -0.292 e. The molecule has 1 unspecified atom stereocenters. The van der Waals surface area contributed by atoms with E-state index in [9.17, 15) is 4.79 Å². The molecule has 1 saturated heterocycles. The van der Waals surface area contributed by atoms with Crippen LogP contribution in [0.2, 0.25) is 0 Å². The number of aromatic nitrogens is 4. The van der Waals surface area contributed by atoms with Gasteiger partial charge in [0.1, 0.15) is 5.01 Å². The molecule has 5 rings (SSSR count). The molecule has 1 atom stereocenters. The first-order chi connectivity index (χ1) is 14.3. The van der Waals surface area contributed by atoms with Crippen molar-refractivity contribution in [3.8, 4) is 11.3 Å². The molecule has 4 heterocycles. The number of pyridine rings is 1. The second-order valence-electron chi connectivity index (χ2n) is 7.93. The summed E-state index contributed by atoms with van der Waals surface area (Å²) in [5.74, 6) is 0. The van der Waals surface area contributed by atoms with E-state index in [0.717, 1.165) is 43.6 Å². The third-order valence-corrected chi connectivity index (χ3v) is 7.10. The van der Waals surface area contributed by atoms with E-state index in [-0.39, 0.29) is 5.56 Å². The summed E-state index contributed by atoms with van der Waals surface area (Å²) in [4.78, 5) is 25.4. The Balaban J connectivity index is 1.33. The van der Waals surface area contributed by atoms with Crippen LogP contribution in [0.3, 0.4) is 0 Å². The predicted molar refractivity (Wildman–Crippen MR) is 114 cm³/mol. The Hall–Kier alpha value is -2.38. The maximum Gasteiger partial charge on any atom is 0.266 e. The third kappa shape index (κ3) is 4.02. The molecule has 0 radical (unpaired) electrons. The van der Waals surface area contributed by atoms with Gasteiger partial charge in [-0.3, -0.25) is 14.7 Å². The van der Waals surface area contributed by atoms with Crippen LogP contribution in [-0.2, 0) is 25.9 Å². The molecular formula is C22H25N5OS. The molecule has 1 aliphatic heterocycles. The van der Waals surface area contributed by atoms with Gasteiger partial charge in [-0.05, 0) is 63.3 Å². The molecule has 0 N–H and O–H groups in total. The fourth-order valence-corrected chi connectivity index (χ4v) is 5.60. The molecule has 7 heteroatoms. The van der Waals surface area contributed by atoms with Crippen LogP contribution in [0.1, 0.15) is 41.3 Å². The van der Waals surface area contributed by atoms with Crippen LogP contribution in [0.25, 0.3) is 11.3 Å². The fourth-order valence-electron chi connectivity index (χ4n) is 4.41. The largest absolute Gasteiger partial charge is 0.292 e. The van der Waals surface area contributed by atoms with Crippen molar-refractivity contribution in [3.63, 3.8) is 0 Å². The van der Waals surface area contributed by atoms with Crippen LogP contribution in [0, 0.1) is 0 Å². The zero-order valence-electron chi connectivity index (χ0n) is 16.5. The lowest BCUT2D eigenvalue weighted by Crippen LogP contribution is -2.36. The molecule has 3 aromatic rings. The van der Waals surface area contributed by atoms with E-state index in [1.807, 2.05) is 23.5 Å². The molecule has 0 saturated carbocycles. The Bertz CT molecular complexity index is 1020. The first kappa shape index (κ1) is 18.6.